The topological polar surface area (TPSA) is 59.8 Å². The number of nitrogens with zero attached hydrogens (tertiary/aromatic N) is 3. The number of hydrogen-bond acceptors (Lipinski definition) is 4. The highest BCUT2D eigenvalue weighted by Crippen LogP contribution is 2.38. The molecule has 0 saturated carbocycles. The number of anilines is 1. The van der Waals surface area contributed by atoms with E-state index in [-0.39, 0.29) is 5.69 Å². The molecule has 0 aliphatic heterocycles. The summed E-state index contributed by atoms with van der Waals surface area (Å²) in [6.45, 7) is 0. The molecule has 1 heterocycles. The minimum absolute atomic E-state index is 0.00371. The number of rotatable bonds is 7. The Bertz CT molecular complexity index is 1310. The molecule has 0 spiro atoms. The van der Waals surface area contributed by atoms with Crippen LogP contribution in [0.25, 0.3) is 0 Å². The van der Waals surface area contributed by atoms with E-state index in [1.165, 1.54) is 17.8 Å². The molecule has 4 rings (SSSR count). The molecule has 180 valence electrons. The largest absolute Gasteiger partial charge is 0.417 e. The van der Waals surface area contributed by atoms with Gasteiger partial charge in [-0.2, -0.15) is 13.2 Å². The van der Waals surface area contributed by atoms with Crippen molar-refractivity contribution in [3.63, 3.8) is 0 Å². The molecule has 0 aliphatic carbocycles. The van der Waals surface area contributed by atoms with Gasteiger partial charge in [-0.1, -0.05) is 84.0 Å². The predicted molar refractivity (Wildman–Crippen MR) is 130 cm³/mol. The average molecular weight is 517 g/mol. The van der Waals surface area contributed by atoms with Crippen LogP contribution in [-0.4, -0.2) is 20.7 Å². The van der Waals surface area contributed by atoms with Crippen LogP contribution in [0, 0.1) is 0 Å². The van der Waals surface area contributed by atoms with Crippen molar-refractivity contribution in [1.29, 1.82) is 0 Å². The van der Waals surface area contributed by atoms with Gasteiger partial charge in [-0.15, -0.1) is 10.2 Å². The van der Waals surface area contributed by atoms with Crippen LogP contribution in [0.1, 0.15) is 27.8 Å². The summed E-state index contributed by atoms with van der Waals surface area (Å²) < 4.78 is 41.6. The molecule has 0 fully saturated rings. The summed E-state index contributed by atoms with van der Waals surface area (Å²) in [6, 6.07) is 22.0. The molecule has 5 nitrogen and oxygen atoms in total. The van der Waals surface area contributed by atoms with Crippen molar-refractivity contribution in [1.82, 2.24) is 14.8 Å². The van der Waals surface area contributed by atoms with Crippen LogP contribution >= 0.6 is 23.4 Å². The maximum absolute atomic E-state index is 13.3. The number of thioether (sulfide) groups is 1. The van der Waals surface area contributed by atoms with Gasteiger partial charge in [0.25, 0.3) is 0 Å². The number of hydrogen-bond donors (Lipinski definition) is 1. The van der Waals surface area contributed by atoms with E-state index < -0.39 is 27.9 Å². The Kier molecular flexibility index (Phi) is 7.47. The van der Waals surface area contributed by atoms with E-state index in [0.29, 0.717) is 17.1 Å². The van der Waals surface area contributed by atoms with Gasteiger partial charge in [0.05, 0.1) is 10.6 Å². The van der Waals surface area contributed by atoms with Gasteiger partial charge in [-0.25, -0.2) is 0 Å². The second-order valence-electron chi connectivity index (χ2n) is 7.71. The molecule has 1 N–H and O–H groups in total. The smallest absolute Gasteiger partial charge is 0.325 e. The maximum Gasteiger partial charge on any atom is 0.417 e. The summed E-state index contributed by atoms with van der Waals surface area (Å²) in [4.78, 5) is 13.3. The standard InChI is InChI=1S/C25H20ClF3N4OS/c1-33-21(14-16-8-4-2-5-9-16)31-32-24(33)35-22(17-10-6-3-7-11-17)23(34)30-18-12-13-20(26)19(15-18)25(27,28)29/h2-13,15,22H,14H2,1H3,(H,30,34). The number of halogens is 4. The molecule has 35 heavy (non-hydrogen) atoms. The van der Waals surface area contributed by atoms with Gasteiger partial charge in [-0.05, 0) is 29.3 Å². The summed E-state index contributed by atoms with van der Waals surface area (Å²) in [5.41, 5.74) is 0.725. The van der Waals surface area contributed by atoms with Crippen LogP contribution in [0.15, 0.2) is 84.0 Å². The van der Waals surface area contributed by atoms with E-state index in [9.17, 15) is 18.0 Å². The summed E-state index contributed by atoms with van der Waals surface area (Å²) in [5, 5.41) is 10.4. The monoisotopic (exact) mass is 516 g/mol. The minimum Gasteiger partial charge on any atom is -0.325 e. The third-order valence-corrected chi connectivity index (χ3v) is 6.85. The molecule has 1 atom stereocenters. The molecule has 0 aliphatic rings. The van der Waals surface area contributed by atoms with E-state index in [2.05, 4.69) is 15.5 Å². The Morgan fingerprint density at radius 1 is 1.03 bits per heavy atom. The number of aromatic nitrogens is 3. The Labute approximate surface area is 209 Å². The normalized spacial score (nSPS) is 12.4. The van der Waals surface area contributed by atoms with Gasteiger partial charge < -0.3 is 9.88 Å². The summed E-state index contributed by atoms with van der Waals surface area (Å²) in [6.07, 6.45) is -4.07. The van der Waals surface area contributed by atoms with Crippen LogP contribution in [0.3, 0.4) is 0 Å². The van der Waals surface area contributed by atoms with Crippen molar-refractivity contribution in [2.24, 2.45) is 7.05 Å². The lowest BCUT2D eigenvalue weighted by Gasteiger charge is -2.17. The Balaban J connectivity index is 1.59. The number of benzene rings is 3. The summed E-state index contributed by atoms with van der Waals surface area (Å²) in [5.74, 6) is 0.225. The van der Waals surface area contributed by atoms with Gasteiger partial charge in [0.1, 0.15) is 11.1 Å². The Morgan fingerprint density at radius 2 is 1.69 bits per heavy atom. The number of alkyl halides is 3. The minimum atomic E-state index is -4.64. The van der Waals surface area contributed by atoms with Crippen LogP contribution in [0.2, 0.25) is 5.02 Å². The van der Waals surface area contributed by atoms with Crippen molar-refractivity contribution in [3.05, 3.63) is 106 Å². The molecular formula is C25H20ClF3N4OS. The van der Waals surface area contributed by atoms with Gasteiger partial charge >= 0.3 is 6.18 Å². The second-order valence-corrected chi connectivity index (χ2v) is 9.19. The highest BCUT2D eigenvalue weighted by molar-refractivity contribution is 8.00. The Hall–Kier alpha value is -3.30. The van der Waals surface area contributed by atoms with Gasteiger partial charge in [0, 0.05) is 19.2 Å². The first-order valence-electron chi connectivity index (χ1n) is 10.5. The summed E-state index contributed by atoms with van der Waals surface area (Å²) >= 11 is 6.88. The maximum atomic E-state index is 13.3. The Morgan fingerprint density at radius 3 is 2.34 bits per heavy atom. The number of nitrogens with one attached hydrogen (secondary N) is 1. The van der Waals surface area contributed by atoms with E-state index in [4.69, 9.17) is 11.6 Å². The zero-order chi connectivity index (χ0) is 25.0. The molecule has 1 amide bonds. The van der Waals surface area contributed by atoms with E-state index in [1.807, 2.05) is 48.0 Å². The fraction of sp³-hybridized carbons (Fsp3) is 0.160. The first-order chi connectivity index (χ1) is 16.7. The molecule has 1 aromatic heterocycles. The predicted octanol–water partition coefficient (Wildman–Crippen LogP) is 6.55. The molecule has 4 aromatic rings. The highest BCUT2D eigenvalue weighted by atomic mass is 35.5. The van der Waals surface area contributed by atoms with Crippen LogP contribution in [0.5, 0.6) is 0 Å². The van der Waals surface area contributed by atoms with E-state index >= 15 is 0 Å². The number of carbonyl (C=O) groups excluding carboxylic acids is 1. The van der Waals surface area contributed by atoms with Crippen LogP contribution in [0.4, 0.5) is 18.9 Å². The fourth-order valence-corrected chi connectivity index (χ4v) is 4.66. The van der Waals surface area contributed by atoms with Crippen LogP contribution in [-0.2, 0) is 24.4 Å². The molecule has 0 radical (unpaired) electrons. The van der Waals surface area contributed by atoms with Crippen molar-refractivity contribution in [2.75, 3.05) is 5.32 Å². The van der Waals surface area contributed by atoms with Gasteiger partial charge in [0.2, 0.25) is 5.91 Å². The molecule has 10 heteroatoms. The fourth-order valence-electron chi connectivity index (χ4n) is 3.41. The number of carbonyl (C=O) groups is 1. The lowest BCUT2D eigenvalue weighted by molar-refractivity contribution is -0.137. The van der Waals surface area contributed by atoms with E-state index in [0.717, 1.165) is 23.5 Å². The van der Waals surface area contributed by atoms with Crippen molar-refractivity contribution in [3.8, 4) is 0 Å². The third-order valence-electron chi connectivity index (χ3n) is 5.23. The zero-order valence-electron chi connectivity index (χ0n) is 18.5. The van der Waals surface area contributed by atoms with E-state index in [1.54, 1.807) is 24.3 Å². The first-order valence-corrected chi connectivity index (χ1v) is 11.8. The third kappa shape index (κ3) is 6.04. The molecule has 0 bridgehead atoms. The first kappa shape index (κ1) is 24.8. The van der Waals surface area contributed by atoms with Crippen molar-refractivity contribution in [2.45, 2.75) is 23.0 Å². The van der Waals surface area contributed by atoms with Crippen molar-refractivity contribution < 1.29 is 18.0 Å². The average Bonchev–Trinajstić information content (AvgIpc) is 3.18. The lowest BCUT2D eigenvalue weighted by atomic mass is 10.1. The quantitative estimate of drug-likeness (QED) is 0.283. The lowest BCUT2D eigenvalue weighted by Crippen LogP contribution is -2.20. The zero-order valence-corrected chi connectivity index (χ0v) is 20.0. The van der Waals surface area contributed by atoms with Gasteiger partial charge in [-0.3, -0.25) is 4.79 Å². The summed E-state index contributed by atoms with van der Waals surface area (Å²) in [7, 11) is 1.81. The van der Waals surface area contributed by atoms with Gasteiger partial charge in [0.15, 0.2) is 5.16 Å². The van der Waals surface area contributed by atoms with Crippen LogP contribution < -0.4 is 5.32 Å². The van der Waals surface area contributed by atoms with Crippen molar-refractivity contribution >= 4 is 35.0 Å². The molecule has 0 saturated heterocycles. The highest BCUT2D eigenvalue weighted by Gasteiger charge is 2.34. The SMILES string of the molecule is Cn1c(Cc2ccccc2)nnc1SC(C(=O)Nc1ccc(Cl)c(C(F)(F)F)c1)c1ccccc1. The molecule has 1 unspecified atom stereocenters. The number of amides is 1. The molecular weight excluding hydrogens is 497 g/mol. The second kappa shape index (κ2) is 10.5. The molecule has 3 aromatic carbocycles.